The predicted octanol–water partition coefficient (Wildman–Crippen LogP) is 5.16. The molecule has 0 saturated carbocycles. The summed E-state index contributed by atoms with van der Waals surface area (Å²) in [5, 5.41) is 7.86. The van der Waals surface area contributed by atoms with Gasteiger partial charge in [0, 0.05) is 48.5 Å². The van der Waals surface area contributed by atoms with E-state index in [0.717, 1.165) is 37.3 Å². The highest BCUT2D eigenvalue weighted by molar-refractivity contribution is 6.28. The molecule has 0 aromatic carbocycles. The standard InChI is InChI=1S/C31H58ClN7O2/c1-15-21(40-13)33-19-17-28(3,4)38(11)30(7,8)23(19)25-35-26(37-27(32)36-25)24-20(34-22(16-2)41-14)18-29(5,6)39(12)31(24,9)10/h19-24,33-34H,15-18H2,1-14H3. The van der Waals surface area contributed by atoms with E-state index in [2.05, 4.69) is 104 Å². The summed E-state index contributed by atoms with van der Waals surface area (Å²) in [7, 11) is 7.94. The number of likely N-dealkylation sites (tertiary alicyclic amines) is 2. The lowest BCUT2D eigenvalue weighted by atomic mass is 9.68. The molecule has 0 radical (unpaired) electrons. The van der Waals surface area contributed by atoms with Crippen molar-refractivity contribution < 1.29 is 9.47 Å². The number of piperidine rings is 2. The van der Waals surface area contributed by atoms with Gasteiger partial charge in [-0.3, -0.25) is 20.4 Å². The van der Waals surface area contributed by atoms with E-state index in [-0.39, 0.29) is 63.8 Å². The van der Waals surface area contributed by atoms with Crippen LogP contribution in [0.2, 0.25) is 5.28 Å². The second kappa shape index (κ2) is 12.6. The average Bonchev–Trinajstić information content (AvgIpc) is 2.87. The number of likely N-dealkylation sites (N-methyl/N-ethyl adjacent to an activating group) is 2. The molecule has 10 heteroatoms. The van der Waals surface area contributed by atoms with Gasteiger partial charge in [-0.15, -0.1) is 0 Å². The van der Waals surface area contributed by atoms with Crippen LogP contribution in [0.1, 0.15) is 118 Å². The fourth-order valence-electron chi connectivity index (χ4n) is 7.69. The molecule has 1 aromatic heterocycles. The van der Waals surface area contributed by atoms with Crippen molar-refractivity contribution in [3.63, 3.8) is 0 Å². The van der Waals surface area contributed by atoms with Crippen LogP contribution in [0.3, 0.4) is 0 Å². The monoisotopic (exact) mass is 595 g/mol. The lowest BCUT2D eigenvalue weighted by Gasteiger charge is -2.58. The second-order valence-electron chi connectivity index (χ2n) is 14.5. The lowest BCUT2D eigenvalue weighted by molar-refractivity contribution is -0.0564. The third-order valence-electron chi connectivity index (χ3n) is 10.6. The van der Waals surface area contributed by atoms with Gasteiger partial charge in [0.05, 0.1) is 11.8 Å². The van der Waals surface area contributed by atoms with Crippen LogP contribution in [0, 0.1) is 0 Å². The number of ether oxygens (including phenoxy) is 2. The number of nitrogens with one attached hydrogen (secondary N) is 2. The number of halogens is 1. The Bertz CT molecular complexity index is 949. The first-order valence-corrected chi connectivity index (χ1v) is 15.7. The number of nitrogens with zero attached hydrogens (tertiary/aromatic N) is 5. The maximum Gasteiger partial charge on any atom is 0.225 e. The van der Waals surface area contributed by atoms with Gasteiger partial charge in [0.1, 0.15) is 24.1 Å². The Morgan fingerprint density at radius 2 is 1.07 bits per heavy atom. The Labute approximate surface area is 254 Å². The average molecular weight is 596 g/mol. The minimum Gasteiger partial charge on any atom is -0.367 e. The summed E-state index contributed by atoms with van der Waals surface area (Å²) in [6, 6.07) is 0.167. The minimum absolute atomic E-state index is 0.0344. The van der Waals surface area contributed by atoms with Crippen molar-refractivity contribution in [1.82, 2.24) is 35.4 Å². The molecule has 3 heterocycles. The highest BCUT2D eigenvalue weighted by Gasteiger charge is 2.54. The van der Waals surface area contributed by atoms with Gasteiger partial charge in [-0.1, -0.05) is 13.8 Å². The topological polar surface area (TPSA) is 87.7 Å². The number of methoxy groups -OCH3 is 2. The quantitative estimate of drug-likeness (QED) is 0.356. The van der Waals surface area contributed by atoms with Crippen molar-refractivity contribution in [1.29, 1.82) is 0 Å². The van der Waals surface area contributed by atoms with E-state index in [1.165, 1.54) is 0 Å². The molecule has 9 nitrogen and oxygen atoms in total. The molecule has 236 valence electrons. The predicted molar refractivity (Wildman–Crippen MR) is 167 cm³/mol. The van der Waals surface area contributed by atoms with E-state index >= 15 is 0 Å². The van der Waals surface area contributed by atoms with Gasteiger partial charge < -0.3 is 9.47 Å². The summed E-state index contributed by atoms with van der Waals surface area (Å²) < 4.78 is 11.6. The Morgan fingerprint density at radius 1 is 0.732 bits per heavy atom. The molecule has 2 aliphatic heterocycles. The number of hydrogen-bond donors (Lipinski definition) is 2. The molecular weight excluding hydrogens is 538 g/mol. The number of aromatic nitrogens is 3. The van der Waals surface area contributed by atoms with Crippen LogP contribution in [0.15, 0.2) is 0 Å². The Kier molecular flexibility index (Phi) is 10.6. The SMILES string of the molecule is CCC(NC1CC(C)(C)N(C)C(C)(C)C1c1nc(Cl)nc(C2C(NC(CC)OC)CC(C)(C)N(C)C2(C)C)n1)OC. The van der Waals surface area contributed by atoms with E-state index in [1.54, 1.807) is 14.2 Å². The van der Waals surface area contributed by atoms with Crippen molar-refractivity contribution >= 4 is 11.6 Å². The molecule has 2 fully saturated rings. The van der Waals surface area contributed by atoms with E-state index in [1.807, 2.05) is 0 Å². The first-order valence-electron chi connectivity index (χ1n) is 15.3. The minimum atomic E-state index is -0.269. The Hall–Kier alpha value is -0.940. The molecule has 0 spiro atoms. The van der Waals surface area contributed by atoms with E-state index in [9.17, 15) is 0 Å². The van der Waals surface area contributed by atoms with Crippen LogP contribution in [-0.4, -0.2) is 99.8 Å². The van der Waals surface area contributed by atoms with Crippen LogP contribution < -0.4 is 10.6 Å². The van der Waals surface area contributed by atoms with Crippen LogP contribution in [-0.2, 0) is 9.47 Å². The number of rotatable bonds is 10. The zero-order chi connectivity index (χ0) is 31.1. The molecular formula is C31H58ClN7O2. The molecule has 6 unspecified atom stereocenters. The van der Waals surface area contributed by atoms with Crippen molar-refractivity contribution in [3.8, 4) is 0 Å². The van der Waals surface area contributed by atoms with E-state index in [0.29, 0.717) is 0 Å². The Balaban J connectivity index is 2.18. The normalized spacial score (nSPS) is 31.1. The third kappa shape index (κ3) is 6.76. The van der Waals surface area contributed by atoms with Crippen molar-refractivity contribution in [2.45, 2.75) is 153 Å². The van der Waals surface area contributed by atoms with Gasteiger partial charge >= 0.3 is 0 Å². The maximum atomic E-state index is 6.80. The van der Waals surface area contributed by atoms with E-state index < -0.39 is 0 Å². The summed E-state index contributed by atoms with van der Waals surface area (Å²) >= 11 is 6.80. The van der Waals surface area contributed by atoms with Gasteiger partial charge in [0.15, 0.2) is 0 Å². The first-order chi connectivity index (χ1) is 18.9. The fraction of sp³-hybridized carbons (Fsp3) is 0.903. The van der Waals surface area contributed by atoms with Gasteiger partial charge in [0.2, 0.25) is 5.28 Å². The summed E-state index contributed by atoms with van der Waals surface area (Å²) in [5.74, 6) is 1.38. The molecule has 2 aliphatic rings. The second-order valence-corrected chi connectivity index (χ2v) is 14.9. The van der Waals surface area contributed by atoms with Crippen LogP contribution in [0.25, 0.3) is 0 Å². The van der Waals surface area contributed by atoms with Gasteiger partial charge in [-0.05, 0) is 107 Å². The van der Waals surface area contributed by atoms with Crippen LogP contribution >= 0.6 is 11.6 Å². The summed E-state index contributed by atoms with van der Waals surface area (Å²) in [6.07, 6.45) is 3.44. The molecule has 0 amide bonds. The van der Waals surface area contributed by atoms with Crippen molar-refractivity contribution in [2.24, 2.45) is 0 Å². The van der Waals surface area contributed by atoms with Gasteiger partial charge in [-0.2, -0.15) is 0 Å². The highest BCUT2D eigenvalue weighted by Crippen LogP contribution is 2.48. The largest absolute Gasteiger partial charge is 0.367 e. The zero-order valence-corrected chi connectivity index (χ0v) is 29.0. The molecule has 1 aromatic rings. The molecule has 0 bridgehead atoms. The van der Waals surface area contributed by atoms with E-state index in [4.69, 9.17) is 36.0 Å². The summed E-state index contributed by atoms with van der Waals surface area (Å²) in [4.78, 5) is 19.9. The first kappa shape index (κ1) is 34.5. The fourth-order valence-corrected chi connectivity index (χ4v) is 7.87. The summed E-state index contributed by atoms with van der Waals surface area (Å²) in [5.41, 5.74) is -0.606. The van der Waals surface area contributed by atoms with Crippen molar-refractivity contribution in [3.05, 3.63) is 16.9 Å². The molecule has 2 saturated heterocycles. The summed E-state index contributed by atoms with van der Waals surface area (Å²) in [6.45, 7) is 22.6. The van der Waals surface area contributed by atoms with Crippen LogP contribution in [0.5, 0.6) is 0 Å². The van der Waals surface area contributed by atoms with Crippen molar-refractivity contribution in [2.75, 3.05) is 28.3 Å². The Morgan fingerprint density at radius 3 is 1.37 bits per heavy atom. The van der Waals surface area contributed by atoms with Gasteiger partial charge in [-0.25, -0.2) is 15.0 Å². The number of hydrogen-bond acceptors (Lipinski definition) is 9. The molecule has 6 atom stereocenters. The smallest absolute Gasteiger partial charge is 0.225 e. The highest BCUT2D eigenvalue weighted by atomic mass is 35.5. The molecule has 2 N–H and O–H groups in total. The molecule has 41 heavy (non-hydrogen) atoms. The molecule has 0 aliphatic carbocycles. The third-order valence-corrected chi connectivity index (χ3v) is 10.8. The zero-order valence-electron chi connectivity index (χ0n) is 28.2. The lowest BCUT2D eigenvalue weighted by Crippen LogP contribution is -2.68. The van der Waals surface area contributed by atoms with Crippen LogP contribution in [0.4, 0.5) is 0 Å². The molecule has 3 rings (SSSR count). The van der Waals surface area contributed by atoms with Gasteiger partial charge in [0.25, 0.3) is 0 Å². The maximum absolute atomic E-state index is 6.80.